The maximum Gasteiger partial charge on any atom is 0.265 e. The van der Waals surface area contributed by atoms with Crippen LogP contribution in [0.1, 0.15) is 46.1 Å². The van der Waals surface area contributed by atoms with Crippen LogP contribution in [-0.4, -0.2) is 34.0 Å². The normalized spacial score (nSPS) is 17.2. The molecule has 4 nitrogen and oxygen atoms in total. The van der Waals surface area contributed by atoms with E-state index in [4.69, 9.17) is 0 Å². The van der Waals surface area contributed by atoms with E-state index in [2.05, 4.69) is 4.98 Å². The smallest absolute Gasteiger partial charge is 0.265 e. The third-order valence-corrected chi connectivity index (χ3v) is 5.61. The Morgan fingerprint density at radius 2 is 2.04 bits per heavy atom. The highest BCUT2D eigenvalue weighted by Crippen LogP contribution is 2.31. The first-order valence-corrected chi connectivity index (χ1v) is 8.97. The largest absolute Gasteiger partial charge is 0.388 e. The van der Waals surface area contributed by atoms with E-state index < -0.39 is 6.10 Å². The Morgan fingerprint density at radius 3 is 2.65 bits per heavy atom. The average molecular weight is 330 g/mol. The number of likely N-dealkylation sites (tertiary alicyclic amines) is 1. The van der Waals surface area contributed by atoms with E-state index in [0.717, 1.165) is 34.7 Å². The van der Waals surface area contributed by atoms with Crippen molar-refractivity contribution in [1.82, 2.24) is 9.88 Å². The monoisotopic (exact) mass is 330 g/mol. The van der Waals surface area contributed by atoms with Crippen molar-refractivity contribution in [3.05, 3.63) is 52.0 Å². The molecule has 2 heterocycles. The standard InChI is InChI=1S/C18H22N2O2S/c1-2-16-19-12-15(23-16)18(22)20-10-8-14(9-11-20)17(21)13-6-4-3-5-7-13/h3-7,12,14,17,21H,2,8-11H2,1H3/t17-/m0/s1. The minimum atomic E-state index is -0.441. The Hall–Kier alpha value is -1.72. The van der Waals surface area contributed by atoms with Gasteiger partial charge in [0.25, 0.3) is 5.91 Å². The highest BCUT2D eigenvalue weighted by atomic mass is 32.1. The summed E-state index contributed by atoms with van der Waals surface area (Å²) < 4.78 is 0. The SMILES string of the molecule is CCc1ncc(C(=O)N2CCC([C@@H](O)c3ccccc3)CC2)s1. The number of nitrogens with zero attached hydrogens (tertiary/aromatic N) is 2. The van der Waals surface area contributed by atoms with E-state index in [9.17, 15) is 9.90 Å². The number of carbonyl (C=O) groups is 1. The van der Waals surface area contributed by atoms with Gasteiger partial charge in [0.1, 0.15) is 4.88 Å². The Labute approximate surface area is 140 Å². The second-order valence-electron chi connectivity index (χ2n) is 5.96. The minimum Gasteiger partial charge on any atom is -0.388 e. The van der Waals surface area contributed by atoms with Crippen molar-refractivity contribution in [2.75, 3.05) is 13.1 Å². The van der Waals surface area contributed by atoms with Crippen molar-refractivity contribution in [2.24, 2.45) is 5.92 Å². The fraction of sp³-hybridized carbons (Fsp3) is 0.444. The first-order valence-electron chi connectivity index (χ1n) is 8.16. The molecule has 0 unspecified atom stereocenters. The van der Waals surface area contributed by atoms with Gasteiger partial charge in [-0.3, -0.25) is 4.79 Å². The molecule has 1 aliphatic heterocycles. The average Bonchev–Trinajstić information content (AvgIpc) is 3.10. The summed E-state index contributed by atoms with van der Waals surface area (Å²) in [6.45, 7) is 3.45. The third kappa shape index (κ3) is 3.62. The molecule has 1 amide bonds. The van der Waals surface area contributed by atoms with Crippen molar-refractivity contribution in [3.63, 3.8) is 0 Å². The van der Waals surface area contributed by atoms with Crippen LogP contribution >= 0.6 is 11.3 Å². The number of hydrogen-bond acceptors (Lipinski definition) is 4. The maximum absolute atomic E-state index is 12.5. The molecule has 3 rings (SSSR count). The predicted molar refractivity (Wildman–Crippen MR) is 91.5 cm³/mol. The van der Waals surface area contributed by atoms with Crippen LogP contribution in [0.15, 0.2) is 36.5 Å². The lowest BCUT2D eigenvalue weighted by Gasteiger charge is -2.34. The van der Waals surface area contributed by atoms with Crippen LogP contribution in [0.4, 0.5) is 0 Å². The number of piperidine rings is 1. The summed E-state index contributed by atoms with van der Waals surface area (Å²) in [6.07, 6.45) is 3.78. The van der Waals surface area contributed by atoms with Crippen LogP contribution in [0, 0.1) is 5.92 Å². The van der Waals surface area contributed by atoms with E-state index in [1.54, 1.807) is 6.20 Å². The number of hydrogen-bond donors (Lipinski definition) is 1. The summed E-state index contributed by atoms with van der Waals surface area (Å²) in [5.74, 6) is 0.295. The molecule has 1 aliphatic rings. The fourth-order valence-electron chi connectivity index (χ4n) is 3.07. The molecule has 5 heteroatoms. The van der Waals surface area contributed by atoms with Gasteiger partial charge in [0.05, 0.1) is 17.3 Å². The molecule has 0 aliphatic carbocycles. The van der Waals surface area contributed by atoms with Gasteiger partial charge in [0.15, 0.2) is 0 Å². The van der Waals surface area contributed by atoms with Crippen LogP contribution in [0.25, 0.3) is 0 Å². The molecule has 1 aromatic carbocycles. The molecular formula is C18H22N2O2S. The van der Waals surface area contributed by atoms with Gasteiger partial charge in [-0.15, -0.1) is 11.3 Å². The summed E-state index contributed by atoms with van der Waals surface area (Å²) in [6, 6.07) is 9.79. The number of thiazole rings is 1. The number of aliphatic hydroxyl groups excluding tert-OH is 1. The summed E-state index contributed by atoms with van der Waals surface area (Å²) in [5, 5.41) is 11.5. The summed E-state index contributed by atoms with van der Waals surface area (Å²) in [4.78, 5) is 19.4. The molecule has 1 aromatic heterocycles. The van der Waals surface area contributed by atoms with Crippen LogP contribution < -0.4 is 0 Å². The number of aliphatic hydroxyl groups is 1. The number of aromatic nitrogens is 1. The van der Waals surface area contributed by atoms with E-state index in [0.29, 0.717) is 13.1 Å². The lowest BCUT2D eigenvalue weighted by molar-refractivity contribution is 0.0465. The van der Waals surface area contributed by atoms with Gasteiger partial charge < -0.3 is 10.0 Å². The Balaban J connectivity index is 1.59. The third-order valence-electron chi connectivity index (χ3n) is 4.48. The lowest BCUT2D eigenvalue weighted by Crippen LogP contribution is -2.39. The van der Waals surface area contributed by atoms with Gasteiger partial charge in [-0.05, 0) is 30.7 Å². The number of amides is 1. The number of carbonyl (C=O) groups excluding carboxylic acids is 1. The molecule has 0 saturated carbocycles. The zero-order valence-corrected chi connectivity index (χ0v) is 14.1. The van der Waals surface area contributed by atoms with Crippen LogP contribution in [0.3, 0.4) is 0 Å². The molecule has 23 heavy (non-hydrogen) atoms. The molecule has 0 spiro atoms. The molecule has 0 radical (unpaired) electrons. The summed E-state index contributed by atoms with van der Waals surface area (Å²) in [7, 11) is 0. The molecule has 1 saturated heterocycles. The topological polar surface area (TPSA) is 53.4 Å². The quantitative estimate of drug-likeness (QED) is 0.936. The summed E-state index contributed by atoms with van der Waals surface area (Å²) >= 11 is 1.49. The molecule has 1 N–H and O–H groups in total. The van der Waals surface area contributed by atoms with Crippen LogP contribution in [0.5, 0.6) is 0 Å². The minimum absolute atomic E-state index is 0.0786. The zero-order valence-electron chi connectivity index (χ0n) is 13.3. The Bertz CT molecular complexity index is 648. The molecule has 2 aromatic rings. The Kier molecular flexibility index (Phi) is 5.08. The molecule has 1 fully saturated rings. The maximum atomic E-state index is 12.5. The predicted octanol–water partition coefficient (Wildman–Crippen LogP) is 3.29. The Morgan fingerprint density at radius 1 is 1.35 bits per heavy atom. The summed E-state index contributed by atoms with van der Waals surface area (Å²) in [5.41, 5.74) is 0.965. The molecule has 0 bridgehead atoms. The number of rotatable bonds is 4. The lowest BCUT2D eigenvalue weighted by atomic mass is 9.87. The number of aryl methyl sites for hydroxylation is 1. The van der Waals surface area contributed by atoms with Crippen molar-refractivity contribution >= 4 is 17.2 Å². The van der Waals surface area contributed by atoms with Gasteiger partial charge >= 0.3 is 0 Å². The van der Waals surface area contributed by atoms with Crippen LogP contribution in [0.2, 0.25) is 0 Å². The zero-order chi connectivity index (χ0) is 16.2. The van der Waals surface area contributed by atoms with Crippen molar-refractivity contribution in [2.45, 2.75) is 32.3 Å². The fourth-order valence-corrected chi connectivity index (χ4v) is 3.89. The number of benzene rings is 1. The molecule has 122 valence electrons. The van der Waals surface area contributed by atoms with E-state index in [-0.39, 0.29) is 11.8 Å². The second kappa shape index (κ2) is 7.23. The second-order valence-corrected chi connectivity index (χ2v) is 7.07. The van der Waals surface area contributed by atoms with E-state index in [1.807, 2.05) is 42.2 Å². The highest BCUT2D eigenvalue weighted by molar-refractivity contribution is 7.13. The van der Waals surface area contributed by atoms with Crippen molar-refractivity contribution < 1.29 is 9.90 Å². The molecule has 1 atom stereocenters. The van der Waals surface area contributed by atoms with Gasteiger partial charge in [-0.1, -0.05) is 37.3 Å². The van der Waals surface area contributed by atoms with Gasteiger partial charge in [0.2, 0.25) is 0 Å². The highest BCUT2D eigenvalue weighted by Gasteiger charge is 2.29. The first kappa shape index (κ1) is 16.1. The van der Waals surface area contributed by atoms with Gasteiger partial charge in [-0.2, -0.15) is 0 Å². The van der Waals surface area contributed by atoms with Crippen molar-refractivity contribution in [1.29, 1.82) is 0 Å². The van der Waals surface area contributed by atoms with Gasteiger partial charge in [0, 0.05) is 13.1 Å². The van der Waals surface area contributed by atoms with Crippen LogP contribution in [-0.2, 0) is 6.42 Å². The first-order chi connectivity index (χ1) is 11.2. The van der Waals surface area contributed by atoms with E-state index >= 15 is 0 Å². The van der Waals surface area contributed by atoms with Crippen molar-refractivity contribution in [3.8, 4) is 0 Å². The van der Waals surface area contributed by atoms with E-state index in [1.165, 1.54) is 11.3 Å². The molecular weight excluding hydrogens is 308 g/mol. The van der Waals surface area contributed by atoms with Gasteiger partial charge in [-0.25, -0.2) is 4.98 Å².